The molecule has 0 amide bonds. The first-order chi connectivity index (χ1) is 8.08. The van der Waals surface area contributed by atoms with Gasteiger partial charge in [-0.2, -0.15) is 0 Å². The molecule has 0 aliphatic carbocycles. The van der Waals surface area contributed by atoms with E-state index in [-0.39, 0.29) is 5.78 Å². The number of hydrogen-bond acceptors (Lipinski definition) is 3. The summed E-state index contributed by atoms with van der Waals surface area (Å²) in [5.74, 6) is 0.146. The largest absolute Gasteiger partial charge is 0.369 e. The number of piperazine rings is 1. The topological polar surface area (TPSA) is 23.6 Å². The number of carbonyl (C=O) groups is 1. The number of aryl methyl sites for hydroxylation is 1. The lowest BCUT2D eigenvalue weighted by atomic mass is 10.0. The minimum atomic E-state index is 0.146. The molecule has 0 N–H and O–H groups in total. The smallest absolute Gasteiger partial charge is 0.160 e. The molecule has 92 valence electrons. The van der Waals surface area contributed by atoms with Crippen LogP contribution in [0.3, 0.4) is 0 Å². The van der Waals surface area contributed by atoms with E-state index in [9.17, 15) is 4.79 Å². The van der Waals surface area contributed by atoms with Crippen LogP contribution >= 0.6 is 0 Å². The van der Waals surface area contributed by atoms with Crippen molar-refractivity contribution in [3.8, 4) is 0 Å². The van der Waals surface area contributed by atoms with Crippen molar-refractivity contribution in [2.75, 3.05) is 38.1 Å². The van der Waals surface area contributed by atoms with Crippen LogP contribution in [0.5, 0.6) is 0 Å². The van der Waals surface area contributed by atoms with Crippen LogP contribution in [0.1, 0.15) is 22.8 Å². The fourth-order valence-corrected chi connectivity index (χ4v) is 2.30. The first-order valence-corrected chi connectivity index (χ1v) is 6.13. The Morgan fingerprint density at radius 2 is 1.82 bits per heavy atom. The van der Waals surface area contributed by atoms with Gasteiger partial charge in [0.25, 0.3) is 0 Å². The molecule has 1 heterocycles. The highest BCUT2D eigenvalue weighted by Gasteiger charge is 2.15. The summed E-state index contributed by atoms with van der Waals surface area (Å²) in [5.41, 5.74) is 3.15. The monoisotopic (exact) mass is 232 g/mol. The van der Waals surface area contributed by atoms with Crippen LogP contribution in [0.15, 0.2) is 18.2 Å². The Balaban J connectivity index is 2.17. The third-order valence-electron chi connectivity index (χ3n) is 3.46. The summed E-state index contributed by atoms with van der Waals surface area (Å²) < 4.78 is 0. The van der Waals surface area contributed by atoms with Crippen molar-refractivity contribution in [2.24, 2.45) is 0 Å². The van der Waals surface area contributed by atoms with Gasteiger partial charge in [-0.05, 0) is 44.7 Å². The van der Waals surface area contributed by atoms with Gasteiger partial charge in [0.1, 0.15) is 0 Å². The lowest BCUT2D eigenvalue weighted by Crippen LogP contribution is -2.44. The number of Topliss-reactive ketones (excluding diaryl/α,β-unsaturated/α-hetero) is 1. The molecule has 1 saturated heterocycles. The summed E-state index contributed by atoms with van der Waals surface area (Å²) in [7, 11) is 2.15. The van der Waals surface area contributed by atoms with Gasteiger partial charge in [-0.25, -0.2) is 0 Å². The predicted molar refractivity (Wildman–Crippen MR) is 70.9 cm³/mol. The fraction of sp³-hybridized carbons (Fsp3) is 0.500. The highest BCUT2D eigenvalue weighted by molar-refractivity contribution is 5.95. The molecule has 0 atom stereocenters. The van der Waals surface area contributed by atoms with Crippen LogP contribution in [0.25, 0.3) is 0 Å². The molecule has 0 saturated carbocycles. The van der Waals surface area contributed by atoms with Gasteiger partial charge in [-0.1, -0.05) is 0 Å². The highest BCUT2D eigenvalue weighted by atomic mass is 16.1. The average Bonchev–Trinajstić information content (AvgIpc) is 2.29. The molecule has 1 aromatic rings. The lowest BCUT2D eigenvalue weighted by molar-refractivity contribution is 0.101. The van der Waals surface area contributed by atoms with Crippen molar-refractivity contribution in [1.29, 1.82) is 0 Å². The molecule has 3 nitrogen and oxygen atoms in total. The number of hydrogen-bond donors (Lipinski definition) is 0. The van der Waals surface area contributed by atoms with E-state index in [0.717, 1.165) is 37.3 Å². The zero-order chi connectivity index (χ0) is 12.4. The summed E-state index contributed by atoms with van der Waals surface area (Å²) in [5, 5.41) is 0. The maximum absolute atomic E-state index is 11.4. The standard InChI is InChI=1S/C14H20N2O/c1-11-10-13(4-5-14(11)12(2)17)16-8-6-15(3)7-9-16/h4-5,10H,6-9H2,1-3H3. The van der Waals surface area contributed by atoms with Gasteiger partial charge < -0.3 is 9.80 Å². The van der Waals surface area contributed by atoms with E-state index >= 15 is 0 Å². The Morgan fingerprint density at radius 1 is 1.18 bits per heavy atom. The Hall–Kier alpha value is -1.35. The van der Waals surface area contributed by atoms with Crippen molar-refractivity contribution in [2.45, 2.75) is 13.8 Å². The first kappa shape index (κ1) is 12.1. The summed E-state index contributed by atoms with van der Waals surface area (Å²) in [6.45, 7) is 7.97. The van der Waals surface area contributed by atoms with E-state index in [2.05, 4.69) is 29.0 Å². The molecule has 0 bridgehead atoms. The molecule has 1 aliphatic rings. The molecule has 2 rings (SSSR count). The van der Waals surface area contributed by atoms with Crippen molar-refractivity contribution in [1.82, 2.24) is 4.90 Å². The zero-order valence-electron chi connectivity index (χ0n) is 10.9. The highest BCUT2D eigenvalue weighted by Crippen LogP contribution is 2.20. The van der Waals surface area contributed by atoms with Gasteiger partial charge in [0.05, 0.1) is 0 Å². The Morgan fingerprint density at radius 3 is 2.35 bits per heavy atom. The summed E-state index contributed by atoms with van der Waals surface area (Å²) >= 11 is 0. The minimum absolute atomic E-state index is 0.146. The number of anilines is 1. The van der Waals surface area contributed by atoms with Gasteiger partial charge in [0.15, 0.2) is 5.78 Å². The van der Waals surface area contributed by atoms with E-state index in [4.69, 9.17) is 0 Å². The Bertz CT molecular complexity index is 420. The van der Waals surface area contributed by atoms with Crippen LogP contribution in [0, 0.1) is 6.92 Å². The number of likely N-dealkylation sites (N-methyl/N-ethyl adjacent to an activating group) is 1. The van der Waals surface area contributed by atoms with Gasteiger partial charge in [0, 0.05) is 37.4 Å². The normalized spacial score (nSPS) is 17.2. The second kappa shape index (κ2) is 4.88. The number of nitrogens with zero attached hydrogens (tertiary/aromatic N) is 2. The van der Waals surface area contributed by atoms with Crippen LogP contribution in [0.2, 0.25) is 0 Å². The molecular formula is C14H20N2O. The lowest BCUT2D eigenvalue weighted by Gasteiger charge is -2.34. The van der Waals surface area contributed by atoms with Crippen molar-refractivity contribution < 1.29 is 4.79 Å². The Labute approximate surface area is 103 Å². The van der Waals surface area contributed by atoms with Gasteiger partial charge in [-0.3, -0.25) is 4.79 Å². The average molecular weight is 232 g/mol. The third kappa shape index (κ3) is 2.67. The molecule has 3 heteroatoms. The number of ketones is 1. The molecule has 1 fully saturated rings. The molecule has 1 aliphatic heterocycles. The molecule has 17 heavy (non-hydrogen) atoms. The first-order valence-electron chi connectivity index (χ1n) is 6.13. The Kier molecular flexibility index (Phi) is 3.48. The van der Waals surface area contributed by atoms with E-state index in [1.807, 2.05) is 13.0 Å². The zero-order valence-corrected chi connectivity index (χ0v) is 10.9. The summed E-state index contributed by atoms with van der Waals surface area (Å²) in [4.78, 5) is 16.1. The number of rotatable bonds is 2. The minimum Gasteiger partial charge on any atom is -0.369 e. The van der Waals surface area contributed by atoms with Crippen molar-refractivity contribution in [3.63, 3.8) is 0 Å². The molecule has 1 aromatic carbocycles. The molecule has 0 aromatic heterocycles. The van der Waals surface area contributed by atoms with Crippen LogP contribution in [-0.4, -0.2) is 43.9 Å². The SMILES string of the molecule is CC(=O)c1ccc(N2CCN(C)CC2)cc1C. The molecule has 0 radical (unpaired) electrons. The quantitative estimate of drug-likeness (QED) is 0.728. The maximum Gasteiger partial charge on any atom is 0.160 e. The number of carbonyl (C=O) groups excluding carboxylic acids is 1. The summed E-state index contributed by atoms with van der Waals surface area (Å²) in [6, 6.07) is 6.14. The van der Waals surface area contributed by atoms with Gasteiger partial charge >= 0.3 is 0 Å². The van der Waals surface area contributed by atoms with Crippen molar-refractivity contribution in [3.05, 3.63) is 29.3 Å². The third-order valence-corrected chi connectivity index (χ3v) is 3.46. The van der Waals surface area contributed by atoms with Gasteiger partial charge in [0.2, 0.25) is 0 Å². The second-order valence-electron chi connectivity index (χ2n) is 4.85. The summed E-state index contributed by atoms with van der Waals surface area (Å²) in [6.07, 6.45) is 0. The van der Waals surface area contributed by atoms with Crippen LogP contribution in [-0.2, 0) is 0 Å². The predicted octanol–water partition coefficient (Wildman–Crippen LogP) is 1.95. The van der Waals surface area contributed by atoms with E-state index in [1.54, 1.807) is 6.92 Å². The van der Waals surface area contributed by atoms with Crippen LogP contribution < -0.4 is 4.90 Å². The van der Waals surface area contributed by atoms with E-state index in [1.165, 1.54) is 5.69 Å². The van der Waals surface area contributed by atoms with E-state index in [0.29, 0.717) is 0 Å². The molecule has 0 unspecified atom stereocenters. The fourth-order valence-electron chi connectivity index (χ4n) is 2.30. The van der Waals surface area contributed by atoms with E-state index < -0.39 is 0 Å². The van der Waals surface area contributed by atoms with Crippen molar-refractivity contribution >= 4 is 11.5 Å². The maximum atomic E-state index is 11.4. The van der Waals surface area contributed by atoms with Crippen LogP contribution in [0.4, 0.5) is 5.69 Å². The second-order valence-corrected chi connectivity index (χ2v) is 4.85. The van der Waals surface area contributed by atoms with Gasteiger partial charge in [-0.15, -0.1) is 0 Å². The molecule has 0 spiro atoms. The molecular weight excluding hydrogens is 212 g/mol. The number of benzene rings is 1.